The zero-order valence-electron chi connectivity index (χ0n) is 29.6. The van der Waals surface area contributed by atoms with Crippen molar-refractivity contribution in [3.63, 3.8) is 0 Å². The largest absolute Gasteiger partial charge is 1.00 e. The fourth-order valence-electron chi connectivity index (χ4n) is 6.94. The molecule has 0 radical (unpaired) electrons. The van der Waals surface area contributed by atoms with Gasteiger partial charge in [-0.1, -0.05) is 17.4 Å². The van der Waals surface area contributed by atoms with Gasteiger partial charge in [0.1, 0.15) is 0 Å². The van der Waals surface area contributed by atoms with Crippen molar-refractivity contribution in [3.8, 4) is 11.4 Å². The topological polar surface area (TPSA) is 22.8 Å². The molecular weight excluding hydrogens is 735 g/mol. The van der Waals surface area contributed by atoms with Crippen molar-refractivity contribution in [2.75, 3.05) is 0 Å². The monoisotopic (exact) mass is 788 g/mol. The second-order valence-corrected chi connectivity index (χ2v) is 13.1. The maximum absolute atomic E-state index is 5.42. The molecule has 4 rings (SSSR count). The van der Waals surface area contributed by atoms with Crippen LogP contribution in [0.2, 0.25) is 5.02 Å². The minimum atomic E-state index is 0. The summed E-state index contributed by atoms with van der Waals surface area (Å²) in [5.41, 5.74) is 8.76. The molecule has 0 saturated carbocycles. The van der Waals surface area contributed by atoms with E-state index in [1.54, 1.807) is 18.3 Å². The smallest absolute Gasteiger partial charge is 0.0535 e. The molecule has 3 nitrogen and oxygen atoms in total. The molecule has 0 fully saturated rings. The van der Waals surface area contributed by atoms with Crippen molar-refractivity contribution in [2.45, 2.75) is 130 Å². The van der Waals surface area contributed by atoms with Gasteiger partial charge in [-0.3, -0.25) is 0 Å². The van der Waals surface area contributed by atoms with Gasteiger partial charge in [0, 0.05) is 0 Å². The van der Waals surface area contributed by atoms with E-state index in [2.05, 4.69) is 143 Å². The molecule has 0 spiro atoms. The summed E-state index contributed by atoms with van der Waals surface area (Å²) < 4.78 is 6.08. The van der Waals surface area contributed by atoms with E-state index in [0.29, 0.717) is 28.7 Å². The van der Waals surface area contributed by atoms with Crippen LogP contribution >= 0.6 is 11.6 Å². The summed E-state index contributed by atoms with van der Waals surface area (Å²) in [6, 6.07) is 17.6. The molecule has 0 amide bonds. The Morgan fingerprint density at radius 3 is 1.11 bits per heavy atom. The van der Waals surface area contributed by atoms with Gasteiger partial charge < -0.3 is 29.8 Å². The van der Waals surface area contributed by atoms with E-state index in [-0.39, 0.29) is 24.8 Å². The Balaban J connectivity index is 0.00000109. The van der Waals surface area contributed by atoms with Crippen LogP contribution in [0.15, 0.2) is 67.1 Å². The Kier molecular flexibility index (Phi) is 20.4. The molecule has 4 aromatic rings. The second-order valence-electron chi connectivity index (χ2n) is 12.0. The number of hydrogen-bond donors (Lipinski definition) is 0. The average Bonchev–Trinajstić information content (AvgIpc) is 3.44. The van der Waals surface area contributed by atoms with Crippen LogP contribution < -0.4 is 24.8 Å². The SMILES string of the molecule is CCC(CC)c1cccc(C(CC)CC)c1-n1ccn(-c2c(C(CC)CC)cccc2C(CC)CC)[c]1=[Pd].Clc1[c-]nccc1.[Cl-].[Cl-]. The maximum Gasteiger partial charge on any atom is -0.0535 e. The molecule has 2 aromatic heterocycles. The average molecular weight is 791 g/mol. The van der Waals surface area contributed by atoms with Gasteiger partial charge in [0.2, 0.25) is 0 Å². The van der Waals surface area contributed by atoms with Crippen LogP contribution in [0.1, 0.15) is 153 Å². The van der Waals surface area contributed by atoms with Crippen molar-refractivity contribution in [3.05, 3.63) is 104 Å². The molecule has 0 aliphatic heterocycles. The molecular formula is C40H55Cl3N3Pd-3. The second kappa shape index (κ2) is 22.1. The van der Waals surface area contributed by atoms with Gasteiger partial charge in [-0.05, 0) is 0 Å². The van der Waals surface area contributed by atoms with E-state index in [1.165, 1.54) is 33.6 Å². The summed E-state index contributed by atoms with van der Waals surface area (Å²) in [5.74, 6) is 2.24. The molecule has 0 saturated heterocycles. The minimum Gasteiger partial charge on any atom is -1.00 e. The molecule has 7 heteroatoms. The number of pyridine rings is 1. The Bertz CT molecular complexity index is 1350. The summed E-state index contributed by atoms with van der Waals surface area (Å²) >= 11 is 9.22. The fraction of sp³-hybridized carbons (Fsp3) is 0.500. The zero-order valence-corrected chi connectivity index (χ0v) is 33.4. The molecule has 0 bridgehead atoms. The van der Waals surface area contributed by atoms with Crippen molar-refractivity contribution < 1.29 is 43.6 Å². The zero-order chi connectivity index (χ0) is 32.9. The number of halogens is 3. The molecule has 0 unspecified atom stereocenters. The molecule has 47 heavy (non-hydrogen) atoms. The van der Waals surface area contributed by atoms with Crippen LogP contribution in [-0.4, -0.2) is 14.1 Å². The van der Waals surface area contributed by atoms with E-state index in [0.717, 1.165) is 55.3 Å². The summed E-state index contributed by atoms with van der Waals surface area (Å²) in [5, 5.41) is 0.558. The van der Waals surface area contributed by atoms with E-state index in [9.17, 15) is 0 Å². The van der Waals surface area contributed by atoms with Crippen molar-refractivity contribution in [1.29, 1.82) is 0 Å². The first kappa shape index (κ1) is 43.4. The number of nitrogens with zero attached hydrogens (tertiary/aromatic N) is 3. The van der Waals surface area contributed by atoms with Crippen molar-refractivity contribution >= 4 is 11.6 Å². The summed E-state index contributed by atoms with van der Waals surface area (Å²) in [4.78, 5) is 3.63. The predicted octanol–water partition coefficient (Wildman–Crippen LogP) is 6.50. The van der Waals surface area contributed by atoms with Crippen molar-refractivity contribution in [2.24, 2.45) is 0 Å². The minimum absolute atomic E-state index is 0. The maximum atomic E-state index is 5.42. The van der Waals surface area contributed by atoms with Crippen LogP contribution in [0.5, 0.6) is 0 Å². The molecule has 0 aliphatic carbocycles. The summed E-state index contributed by atoms with van der Waals surface area (Å²) in [6.45, 7) is 18.7. The van der Waals surface area contributed by atoms with Gasteiger partial charge in [0.25, 0.3) is 0 Å². The molecule has 0 aliphatic rings. The van der Waals surface area contributed by atoms with E-state index in [4.69, 9.17) is 11.6 Å². The van der Waals surface area contributed by atoms with Crippen LogP contribution in [-0.2, 0) is 18.7 Å². The number of imidazole rings is 1. The molecule has 0 atom stereocenters. The third kappa shape index (κ3) is 10.4. The van der Waals surface area contributed by atoms with Gasteiger partial charge in [-0.2, -0.15) is 6.07 Å². The Hall–Kier alpha value is -1.67. The van der Waals surface area contributed by atoms with Gasteiger partial charge in [-0.25, -0.2) is 0 Å². The van der Waals surface area contributed by atoms with E-state index < -0.39 is 0 Å². The standard InChI is InChI=1S/C35H52N2.C5H3ClN.2ClH.Pd/c1-9-26(10-2)30-19-17-20-31(27(11-3)12-4)34(30)36-23-24-37(25-36)35-32(28(13-5)14-6)21-18-22-33(35)29(15-7)16-8;6-5-2-1-3-7-4-5;;;/h17-24,26-29H,9-16H2,1-8H3;1-3H;2*1H;/q;-1;;;/p-2. The third-order valence-electron chi connectivity index (χ3n) is 9.69. The number of hydrogen-bond acceptors (Lipinski definition) is 1. The Morgan fingerprint density at radius 1 is 0.574 bits per heavy atom. The summed E-state index contributed by atoms with van der Waals surface area (Å²) in [7, 11) is 0. The van der Waals surface area contributed by atoms with E-state index in [1.807, 2.05) is 0 Å². The number of rotatable bonds is 14. The van der Waals surface area contributed by atoms with Crippen LogP contribution in [0.4, 0.5) is 0 Å². The van der Waals surface area contributed by atoms with Gasteiger partial charge in [0.05, 0.1) is 0 Å². The molecule has 2 heterocycles. The quantitative estimate of drug-likeness (QED) is 0.106. The van der Waals surface area contributed by atoms with Crippen LogP contribution in [0.25, 0.3) is 11.4 Å². The molecule has 0 N–H and O–H groups in total. The number of aromatic nitrogens is 3. The summed E-state index contributed by atoms with van der Waals surface area (Å²) in [6.07, 6.45) is 18.1. The van der Waals surface area contributed by atoms with Gasteiger partial charge in [0.15, 0.2) is 0 Å². The number of para-hydroxylation sites is 2. The van der Waals surface area contributed by atoms with Gasteiger partial charge in [-0.15, -0.1) is 17.7 Å². The van der Waals surface area contributed by atoms with Crippen LogP contribution in [0.3, 0.4) is 0 Å². The Morgan fingerprint density at radius 2 is 0.894 bits per heavy atom. The predicted molar refractivity (Wildman–Crippen MR) is 190 cm³/mol. The number of benzene rings is 2. The fourth-order valence-corrected chi connectivity index (χ4v) is 7.64. The normalized spacial score (nSPS) is 11.0. The third-order valence-corrected chi connectivity index (χ3v) is 10.6. The Labute approximate surface area is 313 Å². The van der Waals surface area contributed by atoms with Gasteiger partial charge >= 0.3 is 245 Å². The van der Waals surface area contributed by atoms with E-state index >= 15 is 0 Å². The van der Waals surface area contributed by atoms with Crippen LogP contribution in [0, 0.1) is 10.1 Å². The molecule has 2 aromatic carbocycles. The molecule has 264 valence electrons. The first-order valence-corrected chi connectivity index (χ1v) is 18.5. The first-order chi connectivity index (χ1) is 21.8. The first-order valence-electron chi connectivity index (χ1n) is 17.3. The van der Waals surface area contributed by atoms with Crippen molar-refractivity contribution in [1.82, 2.24) is 14.1 Å².